The van der Waals surface area contributed by atoms with E-state index in [4.69, 9.17) is 9.47 Å². The fraction of sp³-hybridized carbons (Fsp3) is 0.297. The highest BCUT2D eigenvalue weighted by Crippen LogP contribution is 2.31. The van der Waals surface area contributed by atoms with E-state index in [0.717, 1.165) is 57.5 Å². The zero-order valence-corrected chi connectivity index (χ0v) is 27.9. The third-order valence-corrected chi connectivity index (χ3v) is 8.88. The lowest BCUT2D eigenvalue weighted by Gasteiger charge is -2.26. The van der Waals surface area contributed by atoms with Crippen LogP contribution in [-0.2, 0) is 0 Å². The van der Waals surface area contributed by atoms with Gasteiger partial charge in [0.25, 0.3) is 5.91 Å². The molecule has 3 heterocycles. The summed E-state index contributed by atoms with van der Waals surface area (Å²) in [5.74, 6) is 1.35. The molecule has 0 spiro atoms. The van der Waals surface area contributed by atoms with Gasteiger partial charge in [0, 0.05) is 41.1 Å². The van der Waals surface area contributed by atoms with Gasteiger partial charge in [-0.25, -0.2) is 9.97 Å². The van der Waals surface area contributed by atoms with E-state index in [0.29, 0.717) is 12.4 Å². The fourth-order valence-electron chi connectivity index (χ4n) is 5.63. The van der Waals surface area contributed by atoms with E-state index in [2.05, 4.69) is 30.5 Å². The lowest BCUT2D eigenvalue weighted by Crippen LogP contribution is -2.31. The molecule has 47 heavy (non-hydrogen) atoms. The number of carbonyl (C=O) groups is 1. The molecule has 0 radical (unpaired) electrons. The van der Waals surface area contributed by atoms with E-state index in [1.165, 1.54) is 38.5 Å². The maximum Gasteiger partial charge on any atom is 0.262 e. The van der Waals surface area contributed by atoms with Crippen LogP contribution in [-0.4, -0.2) is 52.0 Å². The van der Waals surface area contributed by atoms with E-state index in [1.54, 1.807) is 11.3 Å². The molecule has 9 nitrogen and oxygen atoms in total. The molecule has 1 amide bonds. The van der Waals surface area contributed by atoms with Crippen LogP contribution in [0.5, 0.6) is 17.4 Å². The van der Waals surface area contributed by atoms with Gasteiger partial charge in [-0.15, -0.1) is 11.3 Å². The second kappa shape index (κ2) is 15.2. The van der Waals surface area contributed by atoms with Gasteiger partial charge in [-0.05, 0) is 88.5 Å². The van der Waals surface area contributed by atoms with Crippen LogP contribution in [0.1, 0.15) is 52.2 Å². The molecule has 5 aromatic rings. The van der Waals surface area contributed by atoms with Crippen molar-refractivity contribution in [3.63, 3.8) is 0 Å². The molecule has 0 atom stereocenters. The van der Waals surface area contributed by atoms with Crippen LogP contribution in [0.2, 0.25) is 0 Å². The zero-order valence-electron chi connectivity index (χ0n) is 27.1. The van der Waals surface area contributed by atoms with E-state index in [9.17, 15) is 4.79 Å². The maximum atomic E-state index is 13.6. The highest BCUT2D eigenvalue weighted by molar-refractivity contribution is 7.09. The Kier molecular flexibility index (Phi) is 10.4. The Hall–Kier alpha value is -4.80. The SMILES string of the molecule is Cc1nc(-c2cccc(Oc3nc(Nc4cccc(OCCCN5CCCCC5)c4)ncc3C(=O)Nc3c(C)cccc3C)c2)cs1. The molecular formula is C37H40N6O3S. The lowest BCUT2D eigenvalue weighted by molar-refractivity contribution is 0.102. The molecule has 3 aromatic carbocycles. The summed E-state index contributed by atoms with van der Waals surface area (Å²) in [7, 11) is 0. The van der Waals surface area contributed by atoms with Gasteiger partial charge >= 0.3 is 0 Å². The number of hydrogen-bond acceptors (Lipinski definition) is 9. The lowest BCUT2D eigenvalue weighted by atomic mass is 10.1. The van der Waals surface area contributed by atoms with Crippen molar-refractivity contribution in [1.29, 1.82) is 0 Å². The van der Waals surface area contributed by atoms with Crippen molar-refractivity contribution in [2.24, 2.45) is 0 Å². The largest absolute Gasteiger partial charge is 0.493 e. The number of likely N-dealkylation sites (tertiary alicyclic amines) is 1. The summed E-state index contributed by atoms with van der Waals surface area (Å²) < 4.78 is 12.4. The summed E-state index contributed by atoms with van der Waals surface area (Å²) in [5.41, 5.74) is 5.41. The van der Waals surface area contributed by atoms with Gasteiger partial charge in [0.2, 0.25) is 11.8 Å². The highest BCUT2D eigenvalue weighted by Gasteiger charge is 2.20. The van der Waals surface area contributed by atoms with Gasteiger partial charge in [-0.2, -0.15) is 4.98 Å². The second-order valence-corrected chi connectivity index (χ2v) is 12.8. The first-order valence-electron chi connectivity index (χ1n) is 16.1. The number of ether oxygens (including phenoxy) is 2. The van der Waals surface area contributed by atoms with Crippen molar-refractivity contribution >= 4 is 34.6 Å². The number of amides is 1. The molecule has 2 N–H and O–H groups in total. The average Bonchev–Trinajstić information content (AvgIpc) is 3.52. The number of rotatable bonds is 12. The summed E-state index contributed by atoms with van der Waals surface area (Å²) in [6.45, 7) is 9.98. The summed E-state index contributed by atoms with van der Waals surface area (Å²) in [6.07, 6.45) is 6.39. The zero-order chi connectivity index (χ0) is 32.6. The minimum absolute atomic E-state index is 0.128. The number of anilines is 3. The fourth-order valence-corrected chi connectivity index (χ4v) is 6.25. The number of para-hydroxylation sites is 1. The summed E-state index contributed by atoms with van der Waals surface area (Å²) in [4.78, 5) is 29.9. The first-order chi connectivity index (χ1) is 22.9. The van der Waals surface area contributed by atoms with Crippen molar-refractivity contribution in [3.05, 3.63) is 100 Å². The maximum absolute atomic E-state index is 13.6. The van der Waals surface area contributed by atoms with Crippen LogP contribution in [0.4, 0.5) is 17.3 Å². The standard InChI is InChI=1S/C37H40N6O3S/c1-25-11-7-12-26(2)34(25)41-35(44)32-23-38-37(42-36(32)46-31-16-8-13-28(21-31)33-24-47-27(3)39-33)40-29-14-9-15-30(22-29)45-20-10-19-43-17-5-4-6-18-43/h7-9,11-16,21-24H,4-6,10,17-20H2,1-3H3,(H,41,44)(H,38,40,42). The number of aromatic nitrogens is 3. The number of benzene rings is 3. The van der Waals surface area contributed by atoms with Gasteiger partial charge < -0.3 is 25.0 Å². The van der Waals surface area contributed by atoms with Crippen LogP contribution in [0.15, 0.2) is 78.3 Å². The monoisotopic (exact) mass is 648 g/mol. The van der Waals surface area contributed by atoms with Gasteiger partial charge in [0.05, 0.1) is 17.3 Å². The normalized spacial score (nSPS) is 13.3. The molecule has 0 bridgehead atoms. The molecule has 1 aliphatic rings. The smallest absolute Gasteiger partial charge is 0.262 e. The van der Waals surface area contributed by atoms with Crippen molar-refractivity contribution in [1.82, 2.24) is 19.9 Å². The molecule has 0 saturated carbocycles. The molecule has 0 unspecified atom stereocenters. The number of thiazole rings is 1. The third kappa shape index (κ3) is 8.52. The number of piperidine rings is 1. The van der Waals surface area contributed by atoms with Crippen molar-refractivity contribution in [2.75, 3.05) is 36.9 Å². The molecular weight excluding hydrogens is 609 g/mol. The van der Waals surface area contributed by atoms with E-state index in [1.807, 2.05) is 92.9 Å². The average molecular weight is 649 g/mol. The molecule has 2 aromatic heterocycles. The van der Waals surface area contributed by atoms with Gasteiger partial charge in [0.1, 0.15) is 17.1 Å². The van der Waals surface area contributed by atoms with E-state index < -0.39 is 0 Å². The molecule has 6 rings (SSSR count). The Labute approximate surface area is 280 Å². The summed E-state index contributed by atoms with van der Waals surface area (Å²) >= 11 is 1.59. The van der Waals surface area contributed by atoms with E-state index >= 15 is 0 Å². The third-order valence-electron chi connectivity index (χ3n) is 8.11. The van der Waals surface area contributed by atoms with Crippen molar-refractivity contribution in [3.8, 4) is 28.6 Å². The minimum atomic E-state index is -0.366. The van der Waals surface area contributed by atoms with Crippen LogP contribution in [0.3, 0.4) is 0 Å². The molecule has 1 fully saturated rings. The van der Waals surface area contributed by atoms with Gasteiger partial charge in [-0.3, -0.25) is 4.79 Å². The number of nitrogens with zero attached hydrogens (tertiary/aromatic N) is 4. The Morgan fingerprint density at radius 2 is 1.68 bits per heavy atom. The quantitative estimate of drug-likeness (QED) is 0.130. The number of hydrogen-bond donors (Lipinski definition) is 2. The number of carbonyl (C=O) groups excluding carboxylic acids is 1. The predicted molar refractivity (Wildman–Crippen MR) is 188 cm³/mol. The van der Waals surface area contributed by atoms with Crippen LogP contribution in [0, 0.1) is 20.8 Å². The Morgan fingerprint density at radius 1 is 0.915 bits per heavy atom. The molecule has 1 aliphatic heterocycles. The summed E-state index contributed by atoms with van der Waals surface area (Å²) in [6, 6.07) is 21.2. The highest BCUT2D eigenvalue weighted by atomic mass is 32.1. The van der Waals surface area contributed by atoms with Crippen LogP contribution >= 0.6 is 11.3 Å². The Morgan fingerprint density at radius 3 is 2.47 bits per heavy atom. The molecule has 10 heteroatoms. The number of nitrogens with one attached hydrogen (secondary N) is 2. The topological polar surface area (TPSA) is 102 Å². The Bertz CT molecular complexity index is 1810. The van der Waals surface area contributed by atoms with Crippen molar-refractivity contribution in [2.45, 2.75) is 46.5 Å². The minimum Gasteiger partial charge on any atom is -0.493 e. The summed E-state index contributed by atoms with van der Waals surface area (Å²) in [5, 5.41) is 9.28. The second-order valence-electron chi connectivity index (χ2n) is 11.8. The predicted octanol–water partition coefficient (Wildman–Crippen LogP) is 8.57. The first kappa shape index (κ1) is 32.2. The van der Waals surface area contributed by atoms with Gasteiger partial charge in [-0.1, -0.05) is 42.8 Å². The molecule has 0 aliphatic carbocycles. The van der Waals surface area contributed by atoms with Crippen LogP contribution < -0.4 is 20.1 Å². The first-order valence-corrected chi connectivity index (χ1v) is 17.0. The van der Waals surface area contributed by atoms with E-state index in [-0.39, 0.29) is 23.3 Å². The molecule has 242 valence electrons. The molecule has 1 saturated heterocycles. The number of aryl methyl sites for hydroxylation is 3. The van der Waals surface area contributed by atoms with Crippen LogP contribution in [0.25, 0.3) is 11.3 Å². The van der Waals surface area contributed by atoms with Crippen molar-refractivity contribution < 1.29 is 14.3 Å². The Balaban J connectivity index is 1.21. The van der Waals surface area contributed by atoms with Gasteiger partial charge in [0.15, 0.2) is 0 Å².